The lowest BCUT2D eigenvalue weighted by molar-refractivity contribution is -0.384. The van der Waals surface area contributed by atoms with Crippen LogP contribution < -0.4 is 10.6 Å². The van der Waals surface area contributed by atoms with E-state index in [1.54, 1.807) is 12.1 Å². The van der Waals surface area contributed by atoms with Gasteiger partial charge in [0, 0.05) is 17.8 Å². The molecule has 0 bridgehead atoms. The smallest absolute Gasteiger partial charge is 0.339 e. The molecule has 25 heavy (non-hydrogen) atoms. The van der Waals surface area contributed by atoms with E-state index in [9.17, 15) is 24.5 Å². The van der Waals surface area contributed by atoms with Crippen LogP contribution >= 0.6 is 0 Å². The molecule has 0 aliphatic heterocycles. The summed E-state index contributed by atoms with van der Waals surface area (Å²) in [4.78, 5) is 45.5. The maximum Gasteiger partial charge on any atom is 0.339 e. The zero-order chi connectivity index (χ0) is 18.4. The molecule has 2 aromatic carbocycles. The molecule has 9 heteroatoms. The third kappa shape index (κ3) is 4.38. The van der Waals surface area contributed by atoms with E-state index < -0.39 is 22.7 Å². The lowest BCUT2D eigenvalue weighted by Crippen LogP contribution is -2.29. The van der Waals surface area contributed by atoms with Crippen molar-refractivity contribution in [2.75, 3.05) is 17.7 Å². The van der Waals surface area contributed by atoms with Gasteiger partial charge in [0.2, 0.25) is 0 Å². The topological polar surface area (TPSA) is 128 Å². The number of hydrogen-bond donors (Lipinski definition) is 2. The molecule has 2 amide bonds. The fraction of sp³-hybridized carbons (Fsp3) is 0.0625. The third-order valence-electron chi connectivity index (χ3n) is 3.12. The van der Waals surface area contributed by atoms with Gasteiger partial charge in [0.1, 0.15) is 0 Å². The summed E-state index contributed by atoms with van der Waals surface area (Å²) >= 11 is 0. The molecule has 0 fully saturated rings. The number of ether oxygens (including phenoxy) is 1. The van der Waals surface area contributed by atoms with Crippen molar-refractivity contribution in [3.63, 3.8) is 0 Å². The summed E-state index contributed by atoms with van der Waals surface area (Å²) in [6.07, 6.45) is 0. The Labute approximate surface area is 141 Å². The molecule has 2 aromatic rings. The summed E-state index contributed by atoms with van der Waals surface area (Å²) in [6, 6.07) is 11.0. The van der Waals surface area contributed by atoms with Gasteiger partial charge < -0.3 is 15.4 Å². The Kier molecular flexibility index (Phi) is 5.41. The van der Waals surface area contributed by atoms with Crippen LogP contribution in [0.2, 0.25) is 0 Å². The van der Waals surface area contributed by atoms with Crippen molar-refractivity contribution in [1.82, 2.24) is 0 Å². The number of rotatable bonds is 4. The molecule has 9 nitrogen and oxygen atoms in total. The number of hydrogen-bond acceptors (Lipinski definition) is 6. The average molecular weight is 343 g/mol. The number of amides is 2. The van der Waals surface area contributed by atoms with E-state index >= 15 is 0 Å². The van der Waals surface area contributed by atoms with Gasteiger partial charge in [0.15, 0.2) is 0 Å². The molecule has 0 spiro atoms. The molecule has 0 unspecified atom stereocenters. The quantitative estimate of drug-likeness (QED) is 0.378. The molecule has 0 radical (unpaired) electrons. The summed E-state index contributed by atoms with van der Waals surface area (Å²) in [5, 5.41) is 15.2. The van der Waals surface area contributed by atoms with E-state index in [-0.39, 0.29) is 22.6 Å². The fourth-order valence-electron chi connectivity index (χ4n) is 1.91. The van der Waals surface area contributed by atoms with Crippen LogP contribution in [0.1, 0.15) is 10.4 Å². The molecule has 0 aliphatic rings. The Bertz CT molecular complexity index is 832. The molecule has 0 aromatic heterocycles. The number of non-ortho nitro benzene ring substituents is 1. The van der Waals surface area contributed by atoms with Crippen molar-refractivity contribution in [1.29, 1.82) is 0 Å². The third-order valence-corrected chi connectivity index (χ3v) is 3.12. The van der Waals surface area contributed by atoms with Crippen LogP contribution in [0.5, 0.6) is 0 Å². The predicted octanol–water partition coefficient (Wildman–Crippen LogP) is 1.96. The van der Waals surface area contributed by atoms with Gasteiger partial charge in [-0.25, -0.2) is 4.79 Å². The Balaban J connectivity index is 2.07. The first-order valence-electron chi connectivity index (χ1n) is 6.96. The SMILES string of the molecule is COC(=O)c1ccccc1NC(=O)C(=O)Nc1ccc([N+](=O)[O-])cc1. The number of esters is 1. The number of carbonyl (C=O) groups excluding carboxylic acids is 3. The van der Waals surface area contributed by atoms with E-state index in [1.165, 1.54) is 43.5 Å². The number of benzene rings is 2. The first kappa shape index (κ1) is 17.6. The highest BCUT2D eigenvalue weighted by Gasteiger charge is 2.18. The fourth-order valence-corrected chi connectivity index (χ4v) is 1.91. The number of para-hydroxylation sites is 1. The summed E-state index contributed by atoms with van der Waals surface area (Å²) in [7, 11) is 1.20. The summed E-state index contributed by atoms with van der Waals surface area (Å²) < 4.78 is 4.60. The van der Waals surface area contributed by atoms with Crippen molar-refractivity contribution >= 4 is 34.8 Å². The normalized spacial score (nSPS) is 9.80. The second-order valence-electron chi connectivity index (χ2n) is 4.75. The van der Waals surface area contributed by atoms with Gasteiger partial charge >= 0.3 is 17.8 Å². The van der Waals surface area contributed by atoms with Crippen LogP contribution in [0.25, 0.3) is 0 Å². The van der Waals surface area contributed by atoms with Crippen molar-refractivity contribution < 1.29 is 24.0 Å². The van der Waals surface area contributed by atoms with Crippen LogP contribution in [0.15, 0.2) is 48.5 Å². The standard InChI is InChI=1S/C16H13N3O6/c1-25-16(22)12-4-2-3-5-13(12)18-15(21)14(20)17-10-6-8-11(9-7-10)19(23)24/h2-9H,1H3,(H,17,20)(H,18,21). The number of nitrogens with zero attached hydrogens (tertiary/aromatic N) is 1. The maximum atomic E-state index is 12.0. The van der Waals surface area contributed by atoms with Crippen molar-refractivity contribution in [3.8, 4) is 0 Å². The van der Waals surface area contributed by atoms with E-state index in [2.05, 4.69) is 15.4 Å². The lowest BCUT2D eigenvalue weighted by Gasteiger charge is -2.09. The van der Waals surface area contributed by atoms with Crippen LogP contribution in [0.3, 0.4) is 0 Å². The summed E-state index contributed by atoms with van der Waals surface area (Å²) in [5.74, 6) is -2.66. The second kappa shape index (κ2) is 7.68. The van der Waals surface area contributed by atoms with E-state index in [1.807, 2.05) is 0 Å². The Morgan fingerprint density at radius 2 is 1.56 bits per heavy atom. The molecule has 2 N–H and O–H groups in total. The van der Waals surface area contributed by atoms with Gasteiger partial charge in [0.05, 0.1) is 23.3 Å². The van der Waals surface area contributed by atoms with Gasteiger partial charge in [-0.15, -0.1) is 0 Å². The largest absolute Gasteiger partial charge is 0.465 e. The summed E-state index contributed by atoms with van der Waals surface area (Å²) in [6.45, 7) is 0. The van der Waals surface area contributed by atoms with E-state index in [0.717, 1.165) is 0 Å². The molecule has 128 valence electrons. The average Bonchev–Trinajstić information content (AvgIpc) is 2.61. The van der Waals surface area contributed by atoms with Gasteiger partial charge in [0.25, 0.3) is 5.69 Å². The molecule has 0 aliphatic carbocycles. The van der Waals surface area contributed by atoms with Gasteiger partial charge in [-0.1, -0.05) is 12.1 Å². The minimum absolute atomic E-state index is 0.0986. The number of methoxy groups -OCH3 is 1. The minimum Gasteiger partial charge on any atom is -0.465 e. The molecular formula is C16H13N3O6. The Morgan fingerprint density at radius 1 is 0.960 bits per heavy atom. The molecule has 0 saturated carbocycles. The zero-order valence-electron chi connectivity index (χ0n) is 13.0. The zero-order valence-corrected chi connectivity index (χ0v) is 13.0. The Hall–Kier alpha value is -3.75. The number of nitro groups is 1. The number of nitrogens with one attached hydrogen (secondary N) is 2. The minimum atomic E-state index is -1.00. The maximum absolute atomic E-state index is 12.0. The predicted molar refractivity (Wildman–Crippen MR) is 88.1 cm³/mol. The highest BCUT2D eigenvalue weighted by atomic mass is 16.6. The second-order valence-corrected chi connectivity index (χ2v) is 4.75. The van der Waals surface area contributed by atoms with E-state index in [4.69, 9.17) is 0 Å². The molecule has 0 heterocycles. The van der Waals surface area contributed by atoms with Crippen LogP contribution in [0, 0.1) is 10.1 Å². The van der Waals surface area contributed by atoms with Crippen molar-refractivity contribution in [2.24, 2.45) is 0 Å². The number of carbonyl (C=O) groups is 3. The van der Waals surface area contributed by atoms with Gasteiger partial charge in [-0.2, -0.15) is 0 Å². The van der Waals surface area contributed by atoms with Gasteiger partial charge in [-0.05, 0) is 24.3 Å². The molecule has 0 saturated heterocycles. The monoisotopic (exact) mass is 343 g/mol. The first-order chi connectivity index (χ1) is 11.9. The highest BCUT2D eigenvalue weighted by Crippen LogP contribution is 2.17. The number of anilines is 2. The van der Waals surface area contributed by atoms with Crippen LogP contribution in [-0.4, -0.2) is 29.8 Å². The number of nitro benzene ring substituents is 1. The Morgan fingerprint density at radius 3 is 2.16 bits per heavy atom. The summed E-state index contributed by atoms with van der Waals surface area (Å²) in [5.41, 5.74) is 0.293. The van der Waals surface area contributed by atoms with Crippen LogP contribution in [0.4, 0.5) is 17.1 Å². The lowest BCUT2D eigenvalue weighted by atomic mass is 10.2. The van der Waals surface area contributed by atoms with Crippen molar-refractivity contribution in [2.45, 2.75) is 0 Å². The van der Waals surface area contributed by atoms with Crippen molar-refractivity contribution in [3.05, 3.63) is 64.2 Å². The molecule has 2 rings (SSSR count). The van der Waals surface area contributed by atoms with E-state index in [0.29, 0.717) is 0 Å². The highest BCUT2D eigenvalue weighted by molar-refractivity contribution is 6.43. The molecular weight excluding hydrogens is 330 g/mol. The molecule has 0 atom stereocenters. The van der Waals surface area contributed by atoms with Gasteiger partial charge in [-0.3, -0.25) is 19.7 Å². The van der Waals surface area contributed by atoms with Crippen LogP contribution in [-0.2, 0) is 14.3 Å². The first-order valence-corrected chi connectivity index (χ1v) is 6.96.